The first-order valence-electron chi connectivity index (χ1n) is 2.77. The molecule has 0 aliphatic rings. The van der Waals surface area contributed by atoms with E-state index in [0.717, 1.165) is 0 Å². The van der Waals surface area contributed by atoms with Gasteiger partial charge in [-0.1, -0.05) is 6.92 Å². The lowest BCUT2D eigenvalue weighted by atomic mass is 10.1. The maximum Gasteiger partial charge on any atom is 0.306 e. The quantitative estimate of drug-likeness (QED) is 0.451. The maximum absolute atomic E-state index is 10.0. The van der Waals surface area contributed by atoms with Gasteiger partial charge in [0, 0.05) is 0 Å². The molecule has 0 aliphatic heterocycles. The zero-order chi connectivity index (χ0) is 7.49. The molecule has 0 heterocycles. The molecule has 0 spiro atoms. The third-order valence-electron chi connectivity index (χ3n) is 1.14. The van der Waals surface area contributed by atoms with Gasteiger partial charge in [0.05, 0.1) is 12.1 Å². The maximum atomic E-state index is 10.0. The topological polar surface area (TPSA) is 89.3 Å². The summed E-state index contributed by atoms with van der Waals surface area (Å²) in [7, 11) is 0. The van der Waals surface area contributed by atoms with Crippen LogP contribution in [-0.4, -0.2) is 16.7 Å². The molecule has 0 fully saturated rings. The molecule has 0 aromatic rings. The number of rotatable bonds is 3. The number of carbonyl (C=O) groups is 1. The molecule has 0 aliphatic carbocycles. The minimum absolute atomic E-state index is 0.177. The summed E-state index contributed by atoms with van der Waals surface area (Å²) in [5, 5.41) is 8.22. The van der Waals surface area contributed by atoms with E-state index in [-0.39, 0.29) is 6.42 Å². The van der Waals surface area contributed by atoms with E-state index in [0.29, 0.717) is 6.42 Å². The van der Waals surface area contributed by atoms with Crippen molar-refractivity contribution in [3.8, 4) is 0 Å². The molecule has 0 saturated heterocycles. The second-order valence-corrected chi connectivity index (χ2v) is 2.16. The molecule has 0 rings (SSSR count). The van der Waals surface area contributed by atoms with Crippen molar-refractivity contribution in [2.24, 2.45) is 11.5 Å². The summed E-state index contributed by atoms with van der Waals surface area (Å²) in [5.41, 5.74) is 9.59. The molecular formula is C5H12N2O2. The number of aliphatic carboxylic acids is 1. The Bertz CT molecular complexity index is 112. The molecule has 9 heavy (non-hydrogen) atoms. The molecule has 0 aromatic carbocycles. The predicted molar refractivity (Wildman–Crippen MR) is 33.6 cm³/mol. The first kappa shape index (κ1) is 8.39. The summed E-state index contributed by atoms with van der Waals surface area (Å²) in [4.78, 5) is 10.0. The van der Waals surface area contributed by atoms with Crippen LogP contribution < -0.4 is 11.5 Å². The summed E-state index contributed by atoms with van der Waals surface area (Å²) in [6, 6.07) is 0. The molecule has 4 nitrogen and oxygen atoms in total. The third kappa shape index (κ3) is 3.93. The van der Waals surface area contributed by atoms with Crippen LogP contribution in [0, 0.1) is 0 Å². The van der Waals surface area contributed by atoms with Gasteiger partial charge in [-0.25, -0.2) is 0 Å². The summed E-state index contributed by atoms with van der Waals surface area (Å²) in [6.07, 6.45) is 0.294. The fraction of sp³-hybridized carbons (Fsp3) is 0.800. The molecule has 5 N–H and O–H groups in total. The van der Waals surface area contributed by atoms with Crippen LogP contribution >= 0.6 is 0 Å². The van der Waals surface area contributed by atoms with Gasteiger partial charge in [0.25, 0.3) is 0 Å². The molecule has 4 heteroatoms. The summed E-state index contributed by atoms with van der Waals surface area (Å²) < 4.78 is 0. The van der Waals surface area contributed by atoms with Gasteiger partial charge in [-0.3, -0.25) is 4.79 Å². The Hall–Kier alpha value is -0.610. The van der Waals surface area contributed by atoms with Crippen molar-refractivity contribution < 1.29 is 9.90 Å². The van der Waals surface area contributed by atoms with E-state index < -0.39 is 11.6 Å². The molecule has 0 atom stereocenters. The van der Waals surface area contributed by atoms with E-state index in [1.165, 1.54) is 0 Å². The number of nitrogens with two attached hydrogens (primary N) is 2. The minimum atomic E-state index is -1.04. The average Bonchev–Trinajstić information content (AvgIpc) is 1.63. The van der Waals surface area contributed by atoms with Crippen LogP contribution in [0.25, 0.3) is 0 Å². The van der Waals surface area contributed by atoms with Crippen molar-refractivity contribution in [2.75, 3.05) is 0 Å². The van der Waals surface area contributed by atoms with E-state index in [1.807, 2.05) is 0 Å². The van der Waals surface area contributed by atoms with E-state index in [4.69, 9.17) is 16.6 Å². The molecule has 54 valence electrons. The predicted octanol–water partition coefficient (Wildman–Crippen LogP) is -0.515. The zero-order valence-electron chi connectivity index (χ0n) is 5.42. The lowest BCUT2D eigenvalue weighted by Crippen LogP contribution is -2.50. The largest absolute Gasteiger partial charge is 0.481 e. The van der Waals surface area contributed by atoms with Crippen molar-refractivity contribution in [1.82, 2.24) is 0 Å². The number of carboxylic acid groups (broad SMARTS) is 1. The van der Waals surface area contributed by atoms with Crippen LogP contribution in [0.15, 0.2) is 0 Å². The lowest BCUT2D eigenvalue weighted by molar-refractivity contribution is -0.138. The zero-order valence-corrected chi connectivity index (χ0v) is 5.42. The Kier molecular flexibility index (Phi) is 2.61. The number of hydrogen-bond donors (Lipinski definition) is 3. The van der Waals surface area contributed by atoms with Gasteiger partial charge >= 0.3 is 5.97 Å². The van der Waals surface area contributed by atoms with Gasteiger partial charge < -0.3 is 16.6 Å². The van der Waals surface area contributed by atoms with Crippen LogP contribution in [0.1, 0.15) is 19.8 Å². The minimum Gasteiger partial charge on any atom is -0.481 e. The van der Waals surface area contributed by atoms with Gasteiger partial charge in [0.2, 0.25) is 0 Å². The van der Waals surface area contributed by atoms with Crippen LogP contribution in [0.5, 0.6) is 0 Å². The van der Waals surface area contributed by atoms with Gasteiger partial charge in [0.15, 0.2) is 0 Å². The Morgan fingerprint density at radius 2 is 2.11 bits per heavy atom. The van der Waals surface area contributed by atoms with Crippen molar-refractivity contribution in [3.63, 3.8) is 0 Å². The van der Waals surface area contributed by atoms with E-state index in [1.54, 1.807) is 6.92 Å². The average molecular weight is 132 g/mol. The highest BCUT2D eigenvalue weighted by Gasteiger charge is 2.19. The molecular weight excluding hydrogens is 120 g/mol. The Morgan fingerprint density at radius 1 is 1.67 bits per heavy atom. The number of carboxylic acids is 1. The standard InChI is InChI=1S/C5H12N2O2/c1-2-5(6,7)3-4(8)9/h2-3,6-7H2,1H3,(H,8,9). The van der Waals surface area contributed by atoms with Crippen LogP contribution in [-0.2, 0) is 4.79 Å². The molecule has 0 amide bonds. The van der Waals surface area contributed by atoms with Crippen LogP contribution in [0.3, 0.4) is 0 Å². The van der Waals surface area contributed by atoms with E-state index >= 15 is 0 Å². The van der Waals surface area contributed by atoms with Crippen molar-refractivity contribution >= 4 is 5.97 Å². The first-order valence-corrected chi connectivity index (χ1v) is 2.77. The Balaban J connectivity index is 3.71. The molecule has 0 radical (unpaired) electrons. The van der Waals surface area contributed by atoms with E-state index in [9.17, 15) is 4.79 Å². The van der Waals surface area contributed by atoms with Gasteiger partial charge in [0.1, 0.15) is 0 Å². The Labute approximate surface area is 53.8 Å². The lowest BCUT2D eigenvalue weighted by Gasteiger charge is -2.19. The SMILES string of the molecule is CCC(N)(N)CC(=O)O. The van der Waals surface area contributed by atoms with E-state index in [2.05, 4.69) is 0 Å². The fourth-order valence-electron chi connectivity index (χ4n) is 0.407. The third-order valence-corrected chi connectivity index (χ3v) is 1.14. The second-order valence-electron chi connectivity index (χ2n) is 2.16. The van der Waals surface area contributed by atoms with Gasteiger partial charge in [-0.2, -0.15) is 0 Å². The summed E-state index contributed by atoms with van der Waals surface area (Å²) in [6.45, 7) is 1.75. The fourth-order valence-corrected chi connectivity index (χ4v) is 0.407. The highest BCUT2D eigenvalue weighted by atomic mass is 16.4. The van der Waals surface area contributed by atoms with Crippen LogP contribution in [0.2, 0.25) is 0 Å². The van der Waals surface area contributed by atoms with Crippen molar-refractivity contribution in [2.45, 2.75) is 25.4 Å². The van der Waals surface area contributed by atoms with Gasteiger partial charge in [-0.15, -0.1) is 0 Å². The Morgan fingerprint density at radius 3 is 2.22 bits per heavy atom. The monoisotopic (exact) mass is 132 g/mol. The molecule has 0 unspecified atom stereocenters. The highest BCUT2D eigenvalue weighted by Crippen LogP contribution is 2.01. The van der Waals surface area contributed by atoms with Crippen LogP contribution in [0.4, 0.5) is 0 Å². The first-order chi connectivity index (χ1) is 3.98. The highest BCUT2D eigenvalue weighted by molar-refractivity contribution is 5.68. The summed E-state index contributed by atoms with van der Waals surface area (Å²) in [5.74, 6) is -0.957. The molecule has 0 bridgehead atoms. The second kappa shape index (κ2) is 2.80. The van der Waals surface area contributed by atoms with Gasteiger partial charge in [-0.05, 0) is 6.42 Å². The normalized spacial score (nSPS) is 11.4. The number of hydrogen-bond acceptors (Lipinski definition) is 3. The van der Waals surface area contributed by atoms with Crippen molar-refractivity contribution in [3.05, 3.63) is 0 Å². The summed E-state index contributed by atoms with van der Waals surface area (Å²) >= 11 is 0. The smallest absolute Gasteiger partial charge is 0.306 e. The molecule has 0 saturated carbocycles. The molecule has 0 aromatic heterocycles. The van der Waals surface area contributed by atoms with Crippen molar-refractivity contribution in [1.29, 1.82) is 0 Å².